The summed E-state index contributed by atoms with van der Waals surface area (Å²) in [5.74, 6) is -1.25. The van der Waals surface area contributed by atoms with Crippen molar-refractivity contribution in [2.75, 3.05) is 6.54 Å². The van der Waals surface area contributed by atoms with E-state index < -0.39 is 41.6 Å². The van der Waals surface area contributed by atoms with E-state index in [1.54, 1.807) is 32.9 Å². The molecule has 0 aromatic heterocycles. The second kappa shape index (κ2) is 16.9. The lowest BCUT2D eigenvalue weighted by Gasteiger charge is -2.26. The summed E-state index contributed by atoms with van der Waals surface area (Å²) in [5, 5.41) is 10.2. The van der Waals surface area contributed by atoms with Gasteiger partial charge < -0.3 is 36.9 Å². The molecule has 256 valence electrons. The third-order valence-electron chi connectivity index (χ3n) is 7.67. The van der Waals surface area contributed by atoms with Crippen LogP contribution in [0.1, 0.15) is 50.8 Å². The van der Waals surface area contributed by atoms with Gasteiger partial charge in [0.15, 0.2) is 5.96 Å². The molecule has 4 aromatic rings. The van der Waals surface area contributed by atoms with Crippen LogP contribution >= 0.6 is 0 Å². The molecule has 4 rings (SSSR count). The number of benzene rings is 4. The van der Waals surface area contributed by atoms with Crippen LogP contribution in [-0.4, -0.2) is 54.4 Å². The fraction of sp³-hybridized carbons (Fsp3) is 0.289. The fourth-order valence-electron chi connectivity index (χ4n) is 5.36. The van der Waals surface area contributed by atoms with Crippen LogP contribution in [0.3, 0.4) is 0 Å². The number of fused-ring (bicyclic) bond motifs is 1. The highest BCUT2D eigenvalue weighted by molar-refractivity contribution is 5.94. The standard InChI is InChI=1S/C38H44N6O5/c1-38(2,3)49-37(48)44-33(28-20-18-26(19-21-28)25-11-5-4-6-12-25)35(47)43-32(23-29-15-9-14-27-13-7-8-17-31(27)29)34(46)42-30(24-45)16-10-22-41-36(39)40/h4-9,11-15,17-21,24,30,32-33H,10,16,22-23H2,1-3H3,(H,42,46)(H,43,47)(H,44,48)(H4,39,40,41). The highest BCUT2D eigenvalue weighted by Crippen LogP contribution is 2.24. The molecule has 11 nitrogen and oxygen atoms in total. The number of nitrogens with one attached hydrogen (secondary N) is 3. The number of hydrogen-bond acceptors (Lipinski definition) is 6. The fourth-order valence-corrected chi connectivity index (χ4v) is 5.36. The van der Waals surface area contributed by atoms with Crippen LogP contribution in [0, 0.1) is 0 Å². The number of amides is 3. The molecule has 0 radical (unpaired) electrons. The highest BCUT2D eigenvalue weighted by atomic mass is 16.6. The van der Waals surface area contributed by atoms with E-state index in [4.69, 9.17) is 16.2 Å². The molecule has 7 N–H and O–H groups in total. The minimum Gasteiger partial charge on any atom is -0.444 e. The summed E-state index contributed by atoms with van der Waals surface area (Å²) in [6, 6.07) is 27.3. The summed E-state index contributed by atoms with van der Waals surface area (Å²) in [6.45, 7) is 5.46. The Bertz CT molecular complexity index is 1760. The van der Waals surface area contributed by atoms with Crippen LogP contribution in [0.2, 0.25) is 0 Å². The van der Waals surface area contributed by atoms with Crippen molar-refractivity contribution in [3.05, 3.63) is 108 Å². The Balaban J connectivity index is 1.64. The molecular weight excluding hydrogens is 620 g/mol. The molecule has 0 heterocycles. The molecule has 4 aromatic carbocycles. The van der Waals surface area contributed by atoms with E-state index >= 15 is 0 Å². The van der Waals surface area contributed by atoms with Crippen molar-refractivity contribution in [1.29, 1.82) is 0 Å². The number of aliphatic imine (C=N–C) groups is 1. The molecule has 0 saturated heterocycles. The first-order chi connectivity index (χ1) is 23.4. The van der Waals surface area contributed by atoms with Gasteiger partial charge in [-0.1, -0.05) is 97.1 Å². The predicted octanol–water partition coefficient (Wildman–Crippen LogP) is 4.54. The van der Waals surface area contributed by atoms with E-state index in [0.29, 0.717) is 24.8 Å². The molecular formula is C38H44N6O5. The summed E-state index contributed by atoms with van der Waals surface area (Å²) >= 11 is 0. The van der Waals surface area contributed by atoms with Crippen molar-refractivity contribution in [3.63, 3.8) is 0 Å². The number of alkyl carbamates (subject to hydrolysis) is 1. The van der Waals surface area contributed by atoms with Gasteiger partial charge in [-0.25, -0.2) is 4.79 Å². The topological polar surface area (TPSA) is 178 Å². The Morgan fingerprint density at radius 3 is 2.12 bits per heavy atom. The molecule has 49 heavy (non-hydrogen) atoms. The zero-order valence-corrected chi connectivity index (χ0v) is 28.0. The number of nitrogens with two attached hydrogens (primary N) is 2. The molecule has 0 saturated carbocycles. The first-order valence-corrected chi connectivity index (χ1v) is 16.2. The molecule has 0 bridgehead atoms. The summed E-state index contributed by atoms with van der Waals surface area (Å²) < 4.78 is 5.48. The van der Waals surface area contributed by atoms with Gasteiger partial charge in [0.1, 0.15) is 24.0 Å². The lowest BCUT2D eigenvalue weighted by atomic mass is 9.97. The molecule has 11 heteroatoms. The van der Waals surface area contributed by atoms with Gasteiger partial charge in [-0.05, 0) is 66.6 Å². The van der Waals surface area contributed by atoms with Crippen LogP contribution in [0.5, 0.6) is 0 Å². The SMILES string of the molecule is CC(C)(C)OC(=O)NC(C(=O)NC(Cc1cccc2ccccc12)C(=O)NC(C=O)CCCN=C(N)N)c1ccc(-c2ccccc2)cc1. The van der Waals surface area contributed by atoms with Crippen LogP contribution in [0.4, 0.5) is 4.79 Å². The summed E-state index contributed by atoms with van der Waals surface area (Å²) in [5.41, 5.74) is 13.2. The molecule has 0 aliphatic carbocycles. The Hall–Kier alpha value is -5.71. The van der Waals surface area contributed by atoms with Crippen molar-refractivity contribution in [2.24, 2.45) is 16.5 Å². The van der Waals surface area contributed by atoms with Crippen molar-refractivity contribution in [3.8, 4) is 11.1 Å². The Morgan fingerprint density at radius 2 is 1.45 bits per heavy atom. The van der Waals surface area contributed by atoms with Gasteiger partial charge in [0, 0.05) is 13.0 Å². The number of ether oxygens (including phenoxy) is 1. The lowest BCUT2D eigenvalue weighted by molar-refractivity contribution is -0.131. The van der Waals surface area contributed by atoms with Gasteiger partial charge in [0.05, 0.1) is 6.04 Å². The van der Waals surface area contributed by atoms with Crippen molar-refractivity contribution < 1.29 is 23.9 Å². The summed E-state index contributed by atoms with van der Waals surface area (Å²) in [7, 11) is 0. The number of rotatable bonds is 14. The van der Waals surface area contributed by atoms with Gasteiger partial charge in [-0.15, -0.1) is 0 Å². The van der Waals surface area contributed by atoms with E-state index in [2.05, 4.69) is 20.9 Å². The zero-order valence-electron chi connectivity index (χ0n) is 28.0. The Morgan fingerprint density at radius 1 is 0.796 bits per heavy atom. The van der Waals surface area contributed by atoms with Crippen molar-refractivity contribution >= 4 is 40.9 Å². The first kappa shape index (κ1) is 36.1. The van der Waals surface area contributed by atoms with E-state index in [-0.39, 0.29) is 18.8 Å². The van der Waals surface area contributed by atoms with Gasteiger partial charge in [-0.3, -0.25) is 14.6 Å². The molecule has 0 aliphatic heterocycles. The highest BCUT2D eigenvalue weighted by Gasteiger charge is 2.31. The van der Waals surface area contributed by atoms with Gasteiger partial charge in [0.25, 0.3) is 0 Å². The molecule has 3 atom stereocenters. The van der Waals surface area contributed by atoms with Gasteiger partial charge >= 0.3 is 6.09 Å². The van der Waals surface area contributed by atoms with Crippen LogP contribution in [-0.2, 0) is 25.5 Å². The number of carbonyl (C=O) groups is 4. The maximum Gasteiger partial charge on any atom is 0.408 e. The zero-order chi connectivity index (χ0) is 35.4. The second-order valence-corrected chi connectivity index (χ2v) is 12.7. The Labute approximate surface area is 286 Å². The average Bonchev–Trinajstić information content (AvgIpc) is 3.07. The minimum absolute atomic E-state index is 0.0613. The lowest BCUT2D eigenvalue weighted by Crippen LogP contribution is -2.53. The van der Waals surface area contributed by atoms with Crippen LogP contribution in [0.15, 0.2) is 102 Å². The maximum atomic E-state index is 14.1. The number of nitrogens with zero attached hydrogens (tertiary/aromatic N) is 1. The summed E-state index contributed by atoms with van der Waals surface area (Å²) in [6.07, 6.45) is 0.702. The smallest absolute Gasteiger partial charge is 0.408 e. The maximum absolute atomic E-state index is 14.1. The van der Waals surface area contributed by atoms with E-state index in [1.807, 2.05) is 84.9 Å². The quantitative estimate of drug-likeness (QED) is 0.0569. The van der Waals surface area contributed by atoms with Crippen molar-refractivity contribution in [1.82, 2.24) is 16.0 Å². The first-order valence-electron chi connectivity index (χ1n) is 16.2. The van der Waals surface area contributed by atoms with E-state index in [0.717, 1.165) is 27.5 Å². The minimum atomic E-state index is -1.20. The monoisotopic (exact) mass is 664 g/mol. The van der Waals surface area contributed by atoms with Crippen molar-refractivity contribution in [2.45, 2.75) is 63.8 Å². The predicted molar refractivity (Wildman–Crippen MR) is 191 cm³/mol. The third kappa shape index (κ3) is 10.9. The molecule has 0 aliphatic rings. The number of hydrogen-bond donors (Lipinski definition) is 5. The summed E-state index contributed by atoms with van der Waals surface area (Å²) in [4.78, 5) is 56.8. The second-order valence-electron chi connectivity index (χ2n) is 12.7. The third-order valence-corrected chi connectivity index (χ3v) is 7.67. The molecule has 3 unspecified atom stereocenters. The van der Waals surface area contributed by atoms with Crippen LogP contribution < -0.4 is 27.4 Å². The van der Waals surface area contributed by atoms with E-state index in [1.165, 1.54) is 0 Å². The largest absolute Gasteiger partial charge is 0.444 e. The molecule has 3 amide bonds. The number of carbonyl (C=O) groups excluding carboxylic acids is 4. The van der Waals surface area contributed by atoms with Gasteiger partial charge in [0.2, 0.25) is 11.8 Å². The molecule has 0 spiro atoms. The van der Waals surface area contributed by atoms with E-state index in [9.17, 15) is 19.2 Å². The number of guanidine groups is 1. The van der Waals surface area contributed by atoms with Crippen LogP contribution in [0.25, 0.3) is 21.9 Å². The average molecular weight is 665 g/mol. The molecule has 0 fully saturated rings. The Kier molecular flexibility index (Phi) is 12.5. The number of aldehydes is 1. The normalized spacial score (nSPS) is 13.0. The van der Waals surface area contributed by atoms with Gasteiger partial charge in [-0.2, -0.15) is 0 Å².